The zero-order chi connectivity index (χ0) is 13.7. The highest BCUT2D eigenvalue weighted by molar-refractivity contribution is 7.16. The highest BCUT2D eigenvalue weighted by Crippen LogP contribution is 2.27. The minimum atomic E-state index is 0.184. The van der Waals surface area contributed by atoms with Crippen LogP contribution in [0.15, 0.2) is 11.4 Å². The van der Waals surface area contributed by atoms with Crippen LogP contribution in [-0.4, -0.2) is 34.3 Å². The summed E-state index contributed by atoms with van der Waals surface area (Å²) in [6.45, 7) is 5.10. The molecule has 3 N–H and O–H groups in total. The molecule has 5 nitrogen and oxygen atoms in total. The van der Waals surface area contributed by atoms with Gasteiger partial charge in [0, 0.05) is 19.2 Å². The number of thiophene rings is 1. The van der Waals surface area contributed by atoms with Crippen molar-refractivity contribution < 1.29 is 5.11 Å². The van der Waals surface area contributed by atoms with Crippen molar-refractivity contribution in [1.82, 2.24) is 9.97 Å². The van der Waals surface area contributed by atoms with Gasteiger partial charge in [0.15, 0.2) is 0 Å². The molecule has 0 saturated heterocycles. The molecule has 0 amide bonds. The van der Waals surface area contributed by atoms with Crippen molar-refractivity contribution in [3.05, 3.63) is 11.4 Å². The second-order valence-electron chi connectivity index (χ2n) is 4.33. The van der Waals surface area contributed by atoms with Crippen LogP contribution >= 0.6 is 11.3 Å². The van der Waals surface area contributed by atoms with Crippen LogP contribution in [0.4, 0.5) is 11.8 Å². The number of rotatable bonds is 7. The minimum Gasteiger partial charge on any atom is -0.396 e. The lowest BCUT2D eigenvalue weighted by atomic mass is 10.1. The van der Waals surface area contributed by atoms with E-state index in [-0.39, 0.29) is 12.6 Å². The average molecular weight is 280 g/mol. The SMILES string of the molecule is CCNc1nc(NC(CC)CCO)c2ccsc2n1. The van der Waals surface area contributed by atoms with Gasteiger partial charge in [0.2, 0.25) is 5.95 Å². The van der Waals surface area contributed by atoms with E-state index in [1.54, 1.807) is 11.3 Å². The van der Waals surface area contributed by atoms with Crippen molar-refractivity contribution >= 4 is 33.3 Å². The number of aliphatic hydroxyl groups excluding tert-OH is 1. The van der Waals surface area contributed by atoms with Crippen LogP contribution in [-0.2, 0) is 0 Å². The van der Waals surface area contributed by atoms with E-state index in [0.29, 0.717) is 5.95 Å². The van der Waals surface area contributed by atoms with Gasteiger partial charge in [0.25, 0.3) is 0 Å². The van der Waals surface area contributed by atoms with Gasteiger partial charge in [-0.1, -0.05) is 6.92 Å². The molecule has 0 saturated carbocycles. The van der Waals surface area contributed by atoms with Gasteiger partial charge in [-0.2, -0.15) is 4.98 Å². The Morgan fingerprint density at radius 3 is 2.89 bits per heavy atom. The van der Waals surface area contributed by atoms with E-state index in [1.807, 2.05) is 18.4 Å². The smallest absolute Gasteiger partial charge is 0.226 e. The van der Waals surface area contributed by atoms with Crippen LogP contribution in [0.1, 0.15) is 26.7 Å². The molecule has 0 aromatic carbocycles. The first-order valence-corrected chi connectivity index (χ1v) is 7.53. The van der Waals surface area contributed by atoms with E-state index in [4.69, 9.17) is 5.11 Å². The molecule has 0 fully saturated rings. The molecule has 0 aliphatic carbocycles. The maximum Gasteiger partial charge on any atom is 0.226 e. The van der Waals surface area contributed by atoms with Gasteiger partial charge in [-0.25, -0.2) is 4.98 Å². The van der Waals surface area contributed by atoms with Gasteiger partial charge in [-0.15, -0.1) is 11.3 Å². The summed E-state index contributed by atoms with van der Waals surface area (Å²) in [4.78, 5) is 9.98. The first kappa shape index (κ1) is 14.0. The van der Waals surface area contributed by atoms with Crippen LogP contribution in [0.5, 0.6) is 0 Å². The van der Waals surface area contributed by atoms with E-state index in [1.165, 1.54) is 0 Å². The Kier molecular flexibility index (Phi) is 4.93. The van der Waals surface area contributed by atoms with E-state index in [9.17, 15) is 0 Å². The molecule has 2 heterocycles. The molecule has 2 aromatic heterocycles. The molecular weight excluding hydrogens is 260 g/mol. The van der Waals surface area contributed by atoms with Gasteiger partial charge in [-0.05, 0) is 31.2 Å². The van der Waals surface area contributed by atoms with E-state index in [0.717, 1.165) is 35.4 Å². The largest absolute Gasteiger partial charge is 0.396 e. The van der Waals surface area contributed by atoms with Gasteiger partial charge in [0.05, 0.1) is 5.39 Å². The number of nitrogens with one attached hydrogen (secondary N) is 2. The van der Waals surface area contributed by atoms with Crippen molar-refractivity contribution in [2.75, 3.05) is 23.8 Å². The molecule has 0 bridgehead atoms. The Morgan fingerprint density at radius 1 is 1.37 bits per heavy atom. The van der Waals surface area contributed by atoms with Gasteiger partial charge in [-0.3, -0.25) is 0 Å². The molecule has 2 rings (SSSR count). The first-order valence-electron chi connectivity index (χ1n) is 6.65. The third-order valence-corrected chi connectivity index (χ3v) is 3.78. The quantitative estimate of drug-likeness (QED) is 0.727. The summed E-state index contributed by atoms with van der Waals surface area (Å²) in [6.07, 6.45) is 1.68. The fourth-order valence-electron chi connectivity index (χ4n) is 1.93. The highest BCUT2D eigenvalue weighted by Gasteiger charge is 2.12. The number of hydrogen-bond acceptors (Lipinski definition) is 6. The molecule has 0 radical (unpaired) electrons. The standard InChI is InChI=1S/C13H20N4OS/c1-3-9(5-7-18)15-11-10-6-8-19-12(10)17-13(16-11)14-4-2/h6,8-9,18H,3-5,7H2,1-2H3,(H2,14,15,16,17). The molecule has 2 aromatic rings. The van der Waals surface area contributed by atoms with Crippen molar-refractivity contribution in [1.29, 1.82) is 0 Å². The van der Waals surface area contributed by atoms with E-state index < -0.39 is 0 Å². The lowest BCUT2D eigenvalue weighted by Crippen LogP contribution is -2.21. The van der Waals surface area contributed by atoms with Crippen molar-refractivity contribution in [3.8, 4) is 0 Å². The van der Waals surface area contributed by atoms with Gasteiger partial charge < -0.3 is 15.7 Å². The summed E-state index contributed by atoms with van der Waals surface area (Å²) in [5.74, 6) is 1.50. The Morgan fingerprint density at radius 2 is 2.21 bits per heavy atom. The van der Waals surface area contributed by atoms with Gasteiger partial charge in [0.1, 0.15) is 10.6 Å². The fourth-order valence-corrected chi connectivity index (χ4v) is 2.69. The first-order chi connectivity index (χ1) is 9.28. The second-order valence-corrected chi connectivity index (χ2v) is 5.22. The molecule has 1 unspecified atom stereocenters. The predicted octanol–water partition coefficient (Wildman–Crippen LogP) is 2.70. The summed E-state index contributed by atoms with van der Waals surface area (Å²) in [5, 5.41) is 18.7. The lowest BCUT2D eigenvalue weighted by molar-refractivity contribution is 0.278. The molecule has 104 valence electrons. The molecule has 1 atom stereocenters. The third-order valence-electron chi connectivity index (χ3n) is 2.97. The minimum absolute atomic E-state index is 0.184. The van der Waals surface area contributed by atoms with Crippen LogP contribution in [0.2, 0.25) is 0 Å². The summed E-state index contributed by atoms with van der Waals surface area (Å²) in [7, 11) is 0. The van der Waals surface area contributed by atoms with Gasteiger partial charge >= 0.3 is 0 Å². The summed E-state index contributed by atoms with van der Waals surface area (Å²) >= 11 is 1.61. The van der Waals surface area contributed by atoms with Crippen molar-refractivity contribution in [2.45, 2.75) is 32.7 Å². The van der Waals surface area contributed by atoms with E-state index in [2.05, 4.69) is 27.5 Å². The Bertz CT molecular complexity index is 528. The number of fused-ring (bicyclic) bond motifs is 1. The van der Waals surface area contributed by atoms with Crippen molar-refractivity contribution in [2.24, 2.45) is 0 Å². The summed E-state index contributed by atoms with van der Waals surface area (Å²) < 4.78 is 0. The van der Waals surface area contributed by atoms with Crippen LogP contribution in [0, 0.1) is 0 Å². The molecule has 6 heteroatoms. The Balaban J connectivity index is 2.31. The Labute approximate surface area is 117 Å². The zero-order valence-electron chi connectivity index (χ0n) is 11.3. The predicted molar refractivity (Wildman–Crippen MR) is 81.0 cm³/mol. The average Bonchev–Trinajstić information content (AvgIpc) is 2.87. The number of anilines is 2. The molecule has 0 aliphatic rings. The maximum atomic E-state index is 9.07. The third kappa shape index (κ3) is 3.33. The highest BCUT2D eigenvalue weighted by atomic mass is 32.1. The zero-order valence-corrected chi connectivity index (χ0v) is 12.1. The number of hydrogen-bond donors (Lipinski definition) is 3. The molecule has 19 heavy (non-hydrogen) atoms. The monoisotopic (exact) mass is 280 g/mol. The maximum absolute atomic E-state index is 9.07. The second kappa shape index (κ2) is 6.68. The topological polar surface area (TPSA) is 70.1 Å². The lowest BCUT2D eigenvalue weighted by Gasteiger charge is -2.17. The summed E-state index contributed by atoms with van der Waals surface area (Å²) in [6, 6.07) is 2.27. The Hall–Kier alpha value is -1.40. The number of aliphatic hydroxyl groups is 1. The van der Waals surface area contributed by atoms with Crippen LogP contribution < -0.4 is 10.6 Å². The molecular formula is C13H20N4OS. The van der Waals surface area contributed by atoms with Crippen molar-refractivity contribution in [3.63, 3.8) is 0 Å². The summed E-state index contributed by atoms with van der Waals surface area (Å²) in [5.41, 5.74) is 0. The normalized spacial score (nSPS) is 12.6. The molecule has 0 aliphatic heterocycles. The van der Waals surface area contributed by atoms with E-state index >= 15 is 0 Å². The molecule has 0 spiro atoms. The number of nitrogens with zero attached hydrogens (tertiary/aromatic N) is 2. The van der Waals surface area contributed by atoms with Crippen LogP contribution in [0.25, 0.3) is 10.2 Å². The fraction of sp³-hybridized carbons (Fsp3) is 0.538. The van der Waals surface area contributed by atoms with Crippen LogP contribution in [0.3, 0.4) is 0 Å². The number of aromatic nitrogens is 2.